The van der Waals surface area contributed by atoms with Crippen LogP contribution >= 0.6 is 0 Å². The number of nitrogens with one attached hydrogen (secondary N) is 2. The van der Waals surface area contributed by atoms with Gasteiger partial charge in [-0.05, 0) is 69.5 Å². The molecule has 1 saturated heterocycles. The molecule has 1 aromatic heterocycles. The SMILES string of the molecule is CN(C)C/C=C/C(=O)N1CC(CC(=O)Nc2cc3cc(c2)Nc2nccc(n2)-c2cccc(c2)OCC/C=C/CN(C)C3)C1. The number of ether oxygens (including phenoxy) is 1. The number of benzene rings is 2. The van der Waals surface area contributed by atoms with E-state index in [4.69, 9.17) is 9.72 Å². The zero-order valence-corrected chi connectivity index (χ0v) is 25.7. The molecule has 44 heavy (non-hydrogen) atoms. The Morgan fingerprint density at radius 3 is 2.84 bits per heavy atom. The summed E-state index contributed by atoms with van der Waals surface area (Å²) in [5.41, 5.74) is 4.24. The zero-order chi connectivity index (χ0) is 30.9. The Morgan fingerprint density at radius 1 is 1.14 bits per heavy atom. The van der Waals surface area contributed by atoms with Crippen LogP contribution in [0.4, 0.5) is 17.3 Å². The molecule has 0 saturated carbocycles. The summed E-state index contributed by atoms with van der Waals surface area (Å²) < 4.78 is 5.96. The maximum atomic E-state index is 13.0. The predicted octanol–water partition coefficient (Wildman–Crippen LogP) is 4.56. The lowest BCUT2D eigenvalue weighted by molar-refractivity contribution is -0.134. The maximum absolute atomic E-state index is 13.0. The van der Waals surface area contributed by atoms with Crippen molar-refractivity contribution in [1.82, 2.24) is 24.7 Å². The van der Waals surface area contributed by atoms with Crippen molar-refractivity contribution in [2.75, 3.05) is 64.6 Å². The predicted molar refractivity (Wildman–Crippen MR) is 174 cm³/mol. The molecule has 2 aromatic carbocycles. The van der Waals surface area contributed by atoms with Crippen LogP contribution in [0.1, 0.15) is 18.4 Å². The minimum Gasteiger partial charge on any atom is -0.493 e. The summed E-state index contributed by atoms with van der Waals surface area (Å²) in [4.78, 5) is 40.6. The van der Waals surface area contributed by atoms with E-state index in [1.807, 2.05) is 67.5 Å². The Hall–Kier alpha value is -4.54. The molecule has 2 aliphatic rings. The smallest absolute Gasteiger partial charge is 0.246 e. The van der Waals surface area contributed by atoms with Crippen molar-refractivity contribution in [3.05, 3.63) is 84.6 Å². The second-order valence-corrected chi connectivity index (χ2v) is 11.7. The van der Waals surface area contributed by atoms with Crippen molar-refractivity contribution in [2.24, 2.45) is 5.92 Å². The molecule has 3 aromatic rings. The number of aromatic nitrogens is 2. The second-order valence-electron chi connectivity index (χ2n) is 11.7. The van der Waals surface area contributed by atoms with Gasteiger partial charge in [0.05, 0.1) is 12.3 Å². The number of hydrogen-bond donors (Lipinski definition) is 2. The molecular weight excluding hydrogens is 554 g/mol. The Bertz CT molecular complexity index is 1510. The normalized spacial score (nSPS) is 16.8. The summed E-state index contributed by atoms with van der Waals surface area (Å²) in [6, 6.07) is 15.7. The van der Waals surface area contributed by atoms with Gasteiger partial charge in [0, 0.05) is 74.3 Å². The molecule has 1 fully saturated rings. The Morgan fingerprint density at radius 2 is 2.00 bits per heavy atom. The lowest BCUT2D eigenvalue weighted by atomic mass is 9.95. The van der Waals surface area contributed by atoms with Crippen molar-refractivity contribution >= 4 is 29.1 Å². The number of likely N-dealkylation sites (N-methyl/N-ethyl adjacent to an activating group) is 2. The van der Waals surface area contributed by atoms with Gasteiger partial charge >= 0.3 is 0 Å². The van der Waals surface area contributed by atoms with Crippen molar-refractivity contribution in [3.8, 4) is 17.0 Å². The minimum atomic E-state index is -0.0700. The fraction of sp³-hybridized carbons (Fsp3) is 0.353. The molecule has 0 aliphatic carbocycles. The lowest BCUT2D eigenvalue weighted by Crippen LogP contribution is -2.50. The molecule has 2 aliphatic heterocycles. The standard InChI is InChI=1S/C34H41N7O3/c1-39(2)14-8-11-33(43)41-23-26(24-41)19-32(42)36-28-17-25-18-29(21-28)37-34-35-13-12-31(38-34)27-9-7-10-30(20-27)44-16-6-4-5-15-40(3)22-25/h4-5,7-13,17-18,20-21,26H,6,14-16,19,22-24H2,1-3H3,(H,36,42)(H,35,37,38)/b5-4+,11-8+. The Kier molecular flexibility index (Phi) is 10.4. The van der Waals surface area contributed by atoms with E-state index >= 15 is 0 Å². The third-order valence-corrected chi connectivity index (χ3v) is 7.38. The highest BCUT2D eigenvalue weighted by atomic mass is 16.5. The van der Waals surface area contributed by atoms with Gasteiger partial charge < -0.3 is 25.2 Å². The number of fused-ring (bicyclic) bond motifs is 7. The van der Waals surface area contributed by atoms with Crippen molar-refractivity contribution in [3.63, 3.8) is 0 Å². The largest absolute Gasteiger partial charge is 0.493 e. The highest BCUT2D eigenvalue weighted by Crippen LogP contribution is 2.27. The summed E-state index contributed by atoms with van der Waals surface area (Å²) in [6.07, 6.45) is 10.7. The summed E-state index contributed by atoms with van der Waals surface area (Å²) >= 11 is 0. The highest BCUT2D eigenvalue weighted by molar-refractivity contribution is 5.92. The van der Waals surface area contributed by atoms with Gasteiger partial charge in [-0.1, -0.05) is 30.4 Å². The van der Waals surface area contributed by atoms with E-state index in [-0.39, 0.29) is 17.7 Å². The van der Waals surface area contributed by atoms with Gasteiger partial charge in [0.15, 0.2) is 0 Å². The van der Waals surface area contributed by atoms with E-state index in [0.717, 1.165) is 41.2 Å². The molecule has 10 nitrogen and oxygen atoms in total. The van der Waals surface area contributed by atoms with Crippen LogP contribution in [0, 0.1) is 5.92 Å². The van der Waals surface area contributed by atoms with Crippen LogP contribution in [0.5, 0.6) is 5.75 Å². The molecule has 0 unspecified atom stereocenters. The third-order valence-electron chi connectivity index (χ3n) is 7.38. The van der Waals surface area contributed by atoms with Gasteiger partial charge in [-0.15, -0.1) is 0 Å². The van der Waals surface area contributed by atoms with E-state index in [9.17, 15) is 9.59 Å². The van der Waals surface area contributed by atoms with Crippen molar-refractivity contribution < 1.29 is 14.3 Å². The van der Waals surface area contributed by atoms with Gasteiger partial charge in [0.2, 0.25) is 17.8 Å². The second kappa shape index (κ2) is 14.8. The number of carbonyl (C=O) groups excluding carboxylic acids is 2. The van der Waals surface area contributed by atoms with E-state index in [1.165, 1.54) is 0 Å². The lowest BCUT2D eigenvalue weighted by Gasteiger charge is -2.38. The minimum absolute atomic E-state index is 0.00428. The molecule has 0 radical (unpaired) electrons. The number of carbonyl (C=O) groups is 2. The first kappa shape index (κ1) is 30.9. The van der Waals surface area contributed by atoms with Crippen LogP contribution < -0.4 is 15.4 Å². The summed E-state index contributed by atoms with van der Waals surface area (Å²) in [7, 11) is 5.98. The molecule has 10 heteroatoms. The Labute approximate surface area is 259 Å². The first-order valence-corrected chi connectivity index (χ1v) is 15.0. The fourth-order valence-electron chi connectivity index (χ4n) is 5.20. The first-order valence-electron chi connectivity index (χ1n) is 15.0. The number of rotatable bonds is 6. The average Bonchev–Trinajstić information content (AvgIpc) is 2.96. The monoisotopic (exact) mass is 595 g/mol. The summed E-state index contributed by atoms with van der Waals surface area (Å²) in [5, 5.41) is 6.42. The molecular formula is C34H41N7O3. The highest BCUT2D eigenvalue weighted by Gasteiger charge is 2.31. The van der Waals surface area contributed by atoms with E-state index in [1.54, 1.807) is 17.2 Å². The van der Waals surface area contributed by atoms with E-state index in [0.29, 0.717) is 50.8 Å². The van der Waals surface area contributed by atoms with Crippen molar-refractivity contribution in [2.45, 2.75) is 19.4 Å². The number of likely N-dealkylation sites (tertiary alicyclic amines) is 1. The quantitative estimate of drug-likeness (QED) is 0.316. The maximum Gasteiger partial charge on any atom is 0.246 e. The number of nitrogens with zero attached hydrogens (tertiary/aromatic N) is 5. The molecule has 0 spiro atoms. The molecule has 3 heterocycles. The van der Waals surface area contributed by atoms with Crippen LogP contribution in [-0.4, -0.2) is 90.4 Å². The van der Waals surface area contributed by atoms with Crippen LogP contribution in [0.3, 0.4) is 0 Å². The number of hydrogen-bond acceptors (Lipinski definition) is 8. The third kappa shape index (κ3) is 8.98. The van der Waals surface area contributed by atoms with Crippen LogP contribution in [-0.2, 0) is 16.1 Å². The van der Waals surface area contributed by atoms with E-state index < -0.39 is 0 Å². The van der Waals surface area contributed by atoms with Gasteiger partial charge in [0.25, 0.3) is 0 Å². The van der Waals surface area contributed by atoms with Gasteiger partial charge in [-0.3, -0.25) is 14.5 Å². The number of anilines is 3. The molecule has 2 N–H and O–H groups in total. The van der Waals surface area contributed by atoms with E-state index in [2.05, 4.69) is 45.8 Å². The molecule has 0 atom stereocenters. The van der Waals surface area contributed by atoms with Crippen molar-refractivity contribution in [1.29, 1.82) is 0 Å². The summed E-state index contributed by atoms with van der Waals surface area (Å²) in [6.45, 7) is 3.95. The fourth-order valence-corrected chi connectivity index (χ4v) is 5.20. The van der Waals surface area contributed by atoms with Crippen LogP contribution in [0.2, 0.25) is 0 Å². The molecule has 230 valence electrons. The first-order chi connectivity index (χ1) is 21.3. The molecule has 2 amide bonds. The van der Waals surface area contributed by atoms with Gasteiger partial charge in [-0.25, -0.2) is 9.97 Å². The zero-order valence-electron chi connectivity index (χ0n) is 25.7. The van der Waals surface area contributed by atoms with Crippen LogP contribution in [0.15, 0.2) is 79.0 Å². The number of amides is 2. The molecule has 5 rings (SSSR count). The van der Waals surface area contributed by atoms with Gasteiger partial charge in [-0.2, -0.15) is 0 Å². The van der Waals surface area contributed by atoms with Gasteiger partial charge in [0.1, 0.15) is 5.75 Å². The van der Waals surface area contributed by atoms with Crippen LogP contribution in [0.25, 0.3) is 11.3 Å². The summed E-state index contributed by atoms with van der Waals surface area (Å²) in [5.74, 6) is 1.33. The average molecular weight is 596 g/mol. The molecule has 6 bridgehead atoms. The Balaban J connectivity index is 1.29. The topological polar surface area (TPSA) is 103 Å².